The molecule has 1 rings (SSSR count). The summed E-state index contributed by atoms with van der Waals surface area (Å²) in [5.74, 6) is -2.10. The molecule has 0 bridgehead atoms. The summed E-state index contributed by atoms with van der Waals surface area (Å²) < 4.78 is 29.4. The van der Waals surface area contributed by atoms with Gasteiger partial charge in [-0.2, -0.15) is 0 Å². The monoisotopic (exact) mass is 237 g/mol. The molecule has 1 aliphatic heterocycles. The SMILES string of the molecule is CCC(C)C1CC(F)(F)CN1.CCOC=O. The van der Waals surface area contributed by atoms with E-state index in [0.717, 1.165) is 6.42 Å². The van der Waals surface area contributed by atoms with Crippen LogP contribution in [0.3, 0.4) is 0 Å². The lowest BCUT2D eigenvalue weighted by Crippen LogP contribution is -2.28. The molecule has 1 fully saturated rings. The predicted molar refractivity (Wildman–Crippen MR) is 58.5 cm³/mol. The Kier molecular flexibility index (Phi) is 7.21. The number of carbonyl (C=O) groups is 1. The molecule has 0 spiro atoms. The Morgan fingerprint density at radius 2 is 2.19 bits per heavy atom. The fraction of sp³-hybridized carbons (Fsp3) is 0.909. The van der Waals surface area contributed by atoms with Gasteiger partial charge in [0.25, 0.3) is 12.4 Å². The standard InChI is InChI=1S/C8H15F2N.C3H6O2/c1-3-6(2)7-4-8(9,10)5-11-7;1-2-5-3-4/h6-7,11H,3-5H2,1-2H3;3H,2H2,1H3. The van der Waals surface area contributed by atoms with E-state index in [-0.39, 0.29) is 19.0 Å². The highest BCUT2D eigenvalue weighted by atomic mass is 19.3. The van der Waals surface area contributed by atoms with Gasteiger partial charge in [0.2, 0.25) is 0 Å². The van der Waals surface area contributed by atoms with Gasteiger partial charge in [-0.15, -0.1) is 0 Å². The lowest BCUT2D eigenvalue weighted by atomic mass is 9.97. The maximum atomic E-state index is 12.6. The van der Waals surface area contributed by atoms with Crippen LogP contribution in [0.4, 0.5) is 8.78 Å². The quantitative estimate of drug-likeness (QED) is 0.762. The Balaban J connectivity index is 0.000000385. The number of hydrogen-bond donors (Lipinski definition) is 1. The van der Waals surface area contributed by atoms with Crippen molar-refractivity contribution in [3.8, 4) is 0 Å². The topological polar surface area (TPSA) is 38.3 Å². The molecule has 0 saturated carbocycles. The second-order valence-electron chi connectivity index (χ2n) is 3.98. The molecule has 96 valence electrons. The van der Waals surface area contributed by atoms with Gasteiger partial charge >= 0.3 is 0 Å². The minimum Gasteiger partial charge on any atom is -0.468 e. The molecule has 2 atom stereocenters. The number of rotatable bonds is 4. The van der Waals surface area contributed by atoms with Crippen LogP contribution < -0.4 is 5.32 Å². The summed E-state index contributed by atoms with van der Waals surface area (Å²) in [4.78, 5) is 9.18. The number of carbonyl (C=O) groups excluding carboxylic acids is 1. The summed E-state index contributed by atoms with van der Waals surface area (Å²) in [5, 5.41) is 2.85. The summed E-state index contributed by atoms with van der Waals surface area (Å²) in [6.45, 7) is 6.57. The van der Waals surface area contributed by atoms with E-state index in [4.69, 9.17) is 0 Å². The lowest BCUT2D eigenvalue weighted by molar-refractivity contribution is -0.128. The summed E-state index contributed by atoms with van der Waals surface area (Å²) in [6, 6.07) is 0.0231. The van der Waals surface area contributed by atoms with Crippen LogP contribution in [0.5, 0.6) is 0 Å². The molecule has 5 heteroatoms. The van der Waals surface area contributed by atoms with Crippen molar-refractivity contribution in [1.82, 2.24) is 5.32 Å². The Morgan fingerprint density at radius 1 is 1.56 bits per heavy atom. The van der Waals surface area contributed by atoms with Crippen molar-refractivity contribution in [3.05, 3.63) is 0 Å². The highest BCUT2D eigenvalue weighted by Crippen LogP contribution is 2.29. The van der Waals surface area contributed by atoms with Crippen LogP contribution in [0.2, 0.25) is 0 Å². The van der Waals surface area contributed by atoms with Gasteiger partial charge in [0.15, 0.2) is 0 Å². The molecule has 3 nitrogen and oxygen atoms in total. The number of hydrogen-bond acceptors (Lipinski definition) is 3. The molecule has 0 aromatic rings. The van der Waals surface area contributed by atoms with Crippen molar-refractivity contribution in [1.29, 1.82) is 0 Å². The van der Waals surface area contributed by atoms with E-state index < -0.39 is 5.92 Å². The van der Waals surface area contributed by atoms with Gasteiger partial charge in [-0.1, -0.05) is 20.3 Å². The van der Waals surface area contributed by atoms with Crippen LogP contribution in [-0.2, 0) is 9.53 Å². The average Bonchev–Trinajstić information content (AvgIpc) is 2.60. The van der Waals surface area contributed by atoms with E-state index in [2.05, 4.69) is 10.1 Å². The van der Waals surface area contributed by atoms with Gasteiger partial charge in [-0.3, -0.25) is 4.79 Å². The zero-order valence-corrected chi connectivity index (χ0v) is 10.1. The van der Waals surface area contributed by atoms with E-state index in [1.165, 1.54) is 0 Å². The summed E-state index contributed by atoms with van der Waals surface area (Å²) >= 11 is 0. The Hall–Kier alpha value is -0.710. The first-order chi connectivity index (χ1) is 7.46. The van der Waals surface area contributed by atoms with E-state index in [9.17, 15) is 13.6 Å². The highest BCUT2D eigenvalue weighted by molar-refractivity contribution is 5.36. The van der Waals surface area contributed by atoms with Crippen molar-refractivity contribution < 1.29 is 18.3 Å². The minimum atomic E-state index is -2.46. The van der Waals surface area contributed by atoms with Gasteiger partial charge in [0, 0.05) is 12.5 Å². The third-order valence-electron chi connectivity index (χ3n) is 2.71. The van der Waals surface area contributed by atoms with Gasteiger partial charge in [-0.05, 0) is 12.8 Å². The molecule has 0 aromatic heterocycles. The van der Waals surface area contributed by atoms with Crippen LogP contribution in [0.25, 0.3) is 0 Å². The normalized spacial score (nSPS) is 24.2. The number of halogens is 2. The lowest BCUT2D eigenvalue weighted by Gasteiger charge is -2.16. The number of alkyl halides is 2. The van der Waals surface area contributed by atoms with Crippen molar-refractivity contribution >= 4 is 6.47 Å². The third kappa shape index (κ3) is 6.00. The van der Waals surface area contributed by atoms with Gasteiger partial charge < -0.3 is 10.1 Å². The molecular formula is C11H21F2NO2. The fourth-order valence-corrected chi connectivity index (χ4v) is 1.50. The summed E-state index contributed by atoms with van der Waals surface area (Å²) in [7, 11) is 0. The van der Waals surface area contributed by atoms with Crippen molar-refractivity contribution in [2.24, 2.45) is 5.92 Å². The molecular weight excluding hydrogens is 216 g/mol. The highest BCUT2D eigenvalue weighted by Gasteiger charge is 2.40. The average molecular weight is 237 g/mol. The van der Waals surface area contributed by atoms with Crippen LogP contribution in [0.1, 0.15) is 33.6 Å². The molecule has 2 unspecified atom stereocenters. The van der Waals surface area contributed by atoms with E-state index in [0.29, 0.717) is 19.0 Å². The Labute approximate surface area is 95.5 Å². The van der Waals surface area contributed by atoms with E-state index in [1.54, 1.807) is 6.92 Å². The van der Waals surface area contributed by atoms with Crippen LogP contribution in [0.15, 0.2) is 0 Å². The van der Waals surface area contributed by atoms with Gasteiger partial charge in [0.1, 0.15) is 0 Å². The molecule has 1 saturated heterocycles. The third-order valence-corrected chi connectivity index (χ3v) is 2.71. The van der Waals surface area contributed by atoms with Gasteiger partial charge in [-0.25, -0.2) is 8.78 Å². The second-order valence-corrected chi connectivity index (χ2v) is 3.98. The van der Waals surface area contributed by atoms with E-state index >= 15 is 0 Å². The first-order valence-corrected chi connectivity index (χ1v) is 5.63. The van der Waals surface area contributed by atoms with E-state index in [1.807, 2.05) is 13.8 Å². The zero-order valence-electron chi connectivity index (χ0n) is 10.1. The van der Waals surface area contributed by atoms with Crippen molar-refractivity contribution in [3.63, 3.8) is 0 Å². The van der Waals surface area contributed by atoms with Crippen LogP contribution >= 0.6 is 0 Å². The number of ether oxygens (including phenoxy) is 1. The first-order valence-electron chi connectivity index (χ1n) is 5.63. The molecule has 0 aliphatic carbocycles. The molecule has 1 heterocycles. The largest absolute Gasteiger partial charge is 0.468 e. The number of nitrogens with one attached hydrogen (secondary N) is 1. The maximum Gasteiger partial charge on any atom is 0.293 e. The second kappa shape index (κ2) is 7.54. The van der Waals surface area contributed by atoms with Crippen molar-refractivity contribution in [2.75, 3.05) is 13.2 Å². The summed E-state index contributed by atoms with van der Waals surface area (Å²) in [6.07, 6.45) is 0.982. The van der Waals surface area contributed by atoms with Crippen molar-refractivity contribution in [2.45, 2.75) is 45.6 Å². The van der Waals surface area contributed by atoms with Gasteiger partial charge in [0.05, 0.1) is 13.2 Å². The molecule has 1 N–H and O–H groups in total. The Bertz CT molecular complexity index is 200. The van der Waals surface area contributed by atoms with Crippen LogP contribution in [-0.4, -0.2) is 31.6 Å². The predicted octanol–water partition coefficient (Wildman–Crippen LogP) is 2.21. The zero-order chi connectivity index (χ0) is 12.6. The molecule has 0 aromatic carbocycles. The molecule has 0 radical (unpaired) electrons. The summed E-state index contributed by atoms with van der Waals surface area (Å²) in [5.41, 5.74) is 0. The fourth-order valence-electron chi connectivity index (χ4n) is 1.50. The maximum absolute atomic E-state index is 12.6. The van der Waals surface area contributed by atoms with Crippen LogP contribution in [0, 0.1) is 5.92 Å². The Morgan fingerprint density at radius 3 is 2.44 bits per heavy atom. The molecule has 0 amide bonds. The molecule has 1 aliphatic rings. The molecule has 16 heavy (non-hydrogen) atoms. The first kappa shape index (κ1) is 15.3. The minimum absolute atomic E-state index is 0.0159. The smallest absolute Gasteiger partial charge is 0.293 e.